The summed E-state index contributed by atoms with van der Waals surface area (Å²) >= 11 is 0. The van der Waals surface area contributed by atoms with Gasteiger partial charge in [0.15, 0.2) is 5.96 Å². The number of ether oxygens (including phenoxy) is 1. The van der Waals surface area contributed by atoms with E-state index in [0.29, 0.717) is 17.8 Å². The van der Waals surface area contributed by atoms with Crippen molar-refractivity contribution in [2.24, 2.45) is 10.4 Å². The van der Waals surface area contributed by atoms with Crippen molar-refractivity contribution in [2.75, 3.05) is 20.7 Å². The van der Waals surface area contributed by atoms with Crippen molar-refractivity contribution in [1.29, 1.82) is 0 Å². The third kappa shape index (κ3) is 5.82. The highest BCUT2D eigenvalue weighted by atomic mass is 127. The quantitative estimate of drug-likeness (QED) is 0.411. The molecule has 23 heavy (non-hydrogen) atoms. The molecule has 1 aliphatic carbocycles. The highest BCUT2D eigenvalue weighted by Crippen LogP contribution is 2.40. The highest BCUT2D eigenvalue weighted by molar-refractivity contribution is 14.0. The molecule has 0 bridgehead atoms. The van der Waals surface area contributed by atoms with Gasteiger partial charge in [-0.15, -0.1) is 24.0 Å². The number of methoxy groups -OCH3 is 1. The van der Waals surface area contributed by atoms with Crippen LogP contribution in [0.2, 0.25) is 0 Å². The number of hydrogen-bond acceptors (Lipinski definition) is 3. The number of hydrogen-bond donors (Lipinski definition) is 2. The number of aliphatic imine (C=N–C) groups is 1. The van der Waals surface area contributed by atoms with Crippen LogP contribution >= 0.6 is 24.0 Å². The average molecular weight is 432 g/mol. The van der Waals surface area contributed by atoms with E-state index in [-0.39, 0.29) is 24.0 Å². The Balaban J connectivity index is 0.00000264. The molecule has 5 nitrogen and oxygen atoms in total. The Morgan fingerprint density at radius 3 is 2.70 bits per heavy atom. The Bertz CT molecular complexity index is 501. The van der Waals surface area contributed by atoms with Gasteiger partial charge in [-0.3, -0.25) is 4.99 Å². The molecule has 130 valence electrons. The van der Waals surface area contributed by atoms with Crippen LogP contribution in [0.25, 0.3) is 0 Å². The van der Waals surface area contributed by atoms with Crippen LogP contribution in [0.5, 0.6) is 5.88 Å². The van der Waals surface area contributed by atoms with E-state index >= 15 is 0 Å². The summed E-state index contributed by atoms with van der Waals surface area (Å²) in [7, 11) is 3.45. The molecule has 0 unspecified atom stereocenters. The van der Waals surface area contributed by atoms with Gasteiger partial charge in [0.1, 0.15) is 0 Å². The molecule has 2 N–H and O–H groups in total. The number of halogens is 1. The van der Waals surface area contributed by atoms with Gasteiger partial charge in [0.25, 0.3) is 0 Å². The summed E-state index contributed by atoms with van der Waals surface area (Å²) in [5.74, 6) is 1.49. The van der Waals surface area contributed by atoms with Crippen LogP contribution in [0.15, 0.2) is 23.3 Å². The van der Waals surface area contributed by atoms with E-state index in [1.165, 1.54) is 32.1 Å². The molecule has 0 aromatic carbocycles. The van der Waals surface area contributed by atoms with Crippen LogP contribution in [0.4, 0.5) is 0 Å². The summed E-state index contributed by atoms with van der Waals surface area (Å²) in [6, 6.07) is 3.91. The number of rotatable bonds is 6. The lowest BCUT2D eigenvalue weighted by atomic mass is 9.83. The smallest absolute Gasteiger partial charge is 0.213 e. The molecule has 0 amide bonds. The minimum atomic E-state index is 0. The fourth-order valence-corrected chi connectivity index (χ4v) is 3.13. The zero-order valence-corrected chi connectivity index (χ0v) is 16.7. The van der Waals surface area contributed by atoms with E-state index in [2.05, 4.69) is 27.5 Å². The lowest BCUT2D eigenvalue weighted by Gasteiger charge is -2.28. The summed E-state index contributed by atoms with van der Waals surface area (Å²) in [5, 5.41) is 6.85. The van der Waals surface area contributed by atoms with E-state index < -0.39 is 0 Å². The Morgan fingerprint density at radius 2 is 2.09 bits per heavy atom. The van der Waals surface area contributed by atoms with Gasteiger partial charge < -0.3 is 15.4 Å². The molecular weight excluding hydrogens is 403 g/mol. The van der Waals surface area contributed by atoms with E-state index in [4.69, 9.17) is 4.74 Å². The number of pyridine rings is 1. The SMILES string of the molecule is CCC1(CNC(=NC)NCc2ccnc(OC)c2)CCCC1.I. The maximum absolute atomic E-state index is 5.15. The van der Waals surface area contributed by atoms with Gasteiger partial charge >= 0.3 is 0 Å². The molecule has 1 aromatic rings. The van der Waals surface area contributed by atoms with Crippen LogP contribution in [0, 0.1) is 5.41 Å². The van der Waals surface area contributed by atoms with Crippen molar-refractivity contribution >= 4 is 29.9 Å². The topological polar surface area (TPSA) is 58.5 Å². The minimum absolute atomic E-state index is 0. The van der Waals surface area contributed by atoms with Crippen molar-refractivity contribution in [1.82, 2.24) is 15.6 Å². The number of aromatic nitrogens is 1. The van der Waals surface area contributed by atoms with E-state index in [1.807, 2.05) is 19.2 Å². The molecule has 2 rings (SSSR count). The third-order valence-electron chi connectivity index (χ3n) is 4.74. The van der Waals surface area contributed by atoms with Gasteiger partial charge in [0.2, 0.25) is 5.88 Å². The van der Waals surface area contributed by atoms with Crippen LogP contribution in [-0.2, 0) is 6.54 Å². The van der Waals surface area contributed by atoms with Crippen molar-refractivity contribution in [2.45, 2.75) is 45.6 Å². The average Bonchev–Trinajstić information content (AvgIpc) is 3.04. The second kappa shape index (κ2) is 9.95. The van der Waals surface area contributed by atoms with Crippen molar-refractivity contribution < 1.29 is 4.74 Å². The van der Waals surface area contributed by atoms with Gasteiger partial charge in [-0.05, 0) is 36.3 Å². The van der Waals surface area contributed by atoms with Crippen LogP contribution in [0.3, 0.4) is 0 Å². The molecule has 1 fully saturated rings. The van der Waals surface area contributed by atoms with Gasteiger partial charge in [0.05, 0.1) is 7.11 Å². The lowest BCUT2D eigenvalue weighted by Crippen LogP contribution is -2.42. The third-order valence-corrected chi connectivity index (χ3v) is 4.74. The predicted octanol–water partition coefficient (Wildman–Crippen LogP) is 3.34. The van der Waals surface area contributed by atoms with Crippen LogP contribution < -0.4 is 15.4 Å². The summed E-state index contributed by atoms with van der Waals surface area (Å²) in [4.78, 5) is 8.44. The molecule has 6 heteroatoms. The molecule has 1 saturated carbocycles. The second-order valence-corrected chi connectivity index (χ2v) is 6.05. The molecule has 1 aromatic heterocycles. The summed E-state index contributed by atoms with van der Waals surface area (Å²) < 4.78 is 5.15. The molecule has 0 aliphatic heterocycles. The van der Waals surface area contributed by atoms with Gasteiger partial charge in [0, 0.05) is 32.4 Å². The maximum Gasteiger partial charge on any atom is 0.213 e. The standard InChI is InChI=1S/C17H28N4O.HI/c1-4-17(8-5-6-9-17)13-21-16(18-2)20-12-14-7-10-19-15(11-14)22-3;/h7,10-11H,4-6,8-9,12-13H2,1-3H3,(H2,18,20,21);1H. The molecule has 1 heterocycles. The molecule has 0 saturated heterocycles. The Morgan fingerprint density at radius 1 is 1.35 bits per heavy atom. The Kier molecular flexibility index (Phi) is 8.65. The highest BCUT2D eigenvalue weighted by Gasteiger charge is 2.31. The Labute approximate surface area is 156 Å². The first-order chi connectivity index (χ1) is 10.7. The van der Waals surface area contributed by atoms with Crippen molar-refractivity contribution in [3.8, 4) is 5.88 Å². The number of nitrogens with zero attached hydrogens (tertiary/aromatic N) is 2. The summed E-state index contributed by atoms with van der Waals surface area (Å²) in [5.41, 5.74) is 1.58. The molecule has 1 aliphatic rings. The predicted molar refractivity (Wildman–Crippen MR) is 106 cm³/mol. The lowest BCUT2D eigenvalue weighted by molar-refractivity contribution is 0.283. The van der Waals surface area contributed by atoms with E-state index in [1.54, 1.807) is 13.3 Å². The van der Waals surface area contributed by atoms with Gasteiger partial charge in [-0.2, -0.15) is 0 Å². The monoisotopic (exact) mass is 432 g/mol. The molecule has 0 spiro atoms. The number of nitrogens with one attached hydrogen (secondary N) is 2. The molecular formula is C17H29IN4O. The molecule has 0 atom stereocenters. The zero-order chi connectivity index (χ0) is 15.8. The minimum Gasteiger partial charge on any atom is -0.481 e. The van der Waals surface area contributed by atoms with Crippen LogP contribution in [0.1, 0.15) is 44.6 Å². The van der Waals surface area contributed by atoms with E-state index in [9.17, 15) is 0 Å². The fourth-order valence-electron chi connectivity index (χ4n) is 3.13. The first-order valence-corrected chi connectivity index (χ1v) is 8.15. The second-order valence-electron chi connectivity index (χ2n) is 6.05. The first kappa shape index (κ1) is 20.0. The summed E-state index contributed by atoms with van der Waals surface area (Å²) in [6.45, 7) is 4.01. The van der Waals surface area contributed by atoms with E-state index in [0.717, 1.165) is 18.1 Å². The summed E-state index contributed by atoms with van der Waals surface area (Å²) in [6.07, 6.45) is 8.37. The number of guanidine groups is 1. The van der Waals surface area contributed by atoms with Crippen molar-refractivity contribution in [3.63, 3.8) is 0 Å². The molecule has 0 radical (unpaired) electrons. The zero-order valence-electron chi connectivity index (χ0n) is 14.4. The van der Waals surface area contributed by atoms with Crippen LogP contribution in [-0.4, -0.2) is 31.6 Å². The first-order valence-electron chi connectivity index (χ1n) is 8.15. The Hall–Kier alpha value is -1.05. The van der Waals surface area contributed by atoms with Gasteiger partial charge in [-0.1, -0.05) is 19.8 Å². The fraction of sp³-hybridized carbons (Fsp3) is 0.647. The van der Waals surface area contributed by atoms with Crippen molar-refractivity contribution in [3.05, 3.63) is 23.9 Å². The maximum atomic E-state index is 5.15. The largest absolute Gasteiger partial charge is 0.481 e. The van der Waals surface area contributed by atoms with Gasteiger partial charge in [-0.25, -0.2) is 4.98 Å². The normalized spacial score (nSPS) is 16.6.